The van der Waals surface area contributed by atoms with E-state index >= 15 is 0 Å². The van der Waals surface area contributed by atoms with Crippen LogP contribution in [0.2, 0.25) is 5.02 Å². The van der Waals surface area contributed by atoms with Crippen molar-refractivity contribution < 1.29 is 14.3 Å². The molecule has 6 nitrogen and oxygen atoms in total. The van der Waals surface area contributed by atoms with Crippen LogP contribution in [0, 0.1) is 0 Å². The molecule has 2 aromatic rings. The number of amides is 1. The zero-order valence-electron chi connectivity index (χ0n) is 11.4. The first-order valence-corrected chi connectivity index (χ1v) is 6.44. The summed E-state index contributed by atoms with van der Waals surface area (Å²) in [5.74, 6) is -0.688. The van der Waals surface area contributed by atoms with E-state index in [2.05, 4.69) is 10.5 Å². The topological polar surface area (TPSA) is 91.9 Å². The molecular formula is C14H13ClN2O4. The van der Waals surface area contributed by atoms with Crippen molar-refractivity contribution in [3.63, 3.8) is 0 Å². The van der Waals surface area contributed by atoms with Crippen LogP contribution in [0.1, 0.15) is 19.4 Å². The van der Waals surface area contributed by atoms with Gasteiger partial charge in [-0.3, -0.25) is 9.59 Å². The first-order chi connectivity index (χ1) is 9.79. The van der Waals surface area contributed by atoms with Gasteiger partial charge in [-0.2, -0.15) is 5.10 Å². The zero-order chi connectivity index (χ0) is 15.6. The molecule has 0 aliphatic heterocycles. The number of rotatable bonds is 3. The molecule has 0 saturated carbocycles. The predicted octanol–water partition coefficient (Wildman–Crippen LogP) is 1.67. The number of nitrogens with one attached hydrogen (secondary N) is 1. The third-order valence-electron chi connectivity index (χ3n) is 2.69. The number of fused-ring (bicyclic) bond motifs is 1. The summed E-state index contributed by atoms with van der Waals surface area (Å²) in [4.78, 5) is 23.6. The lowest BCUT2D eigenvalue weighted by Crippen LogP contribution is -2.39. The molecule has 7 heteroatoms. The highest BCUT2D eigenvalue weighted by Crippen LogP contribution is 2.16. The number of halogens is 1. The zero-order valence-corrected chi connectivity index (χ0v) is 12.1. The monoisotopic (exact) mass is 308 g/mol. The molecule has 0 radical (unpaired) electrons. The summed E-state index contributed by atoms with van der Waals surface area (Å²) >= 11 is 5.84. The van der Waals surface area contributed by atoms with Crippen LogP contribution in [0.15, 0.2) is 38.8 Å². The number of hydrogen-bond acceptors (Lipinski definition) is 5. The number of hydrogen-bond donors (Lipinski definition) is 2. The largest absolute Gasteiger partial charge is 0.463 e. The van der Waals surface area contributed by atoms with Crippen LogP contribution < -0.4 is 10.9 Å². The van der Waals surface area contributed by atoms with E-state index in [0.29, 0.717) is 16.0 Å². The standard InChI is InChI=1S/C14H13ClN2O4/c1-14(2,20)13(19)17-16-6-8-7-21-11-4-3-9(15)5-10(11)12(8)18/h3-7,20H,1-2H3,(H,17,19)/b16-6-. The lowest BCUT2D eigenvalue weighted by atomic mass is 10.1. The minimum Gasteiger partial charge on any atom is -0.463 e. The number of benzene rings is 1. The summed E-state index contributed by atoms with van der Waals surface area (Å²) in [7, 11) is 0. The fourth-order valence-corrected chi connectivity index (χ4v) is 1.68. The van der Waals surface area contributed by atoms with Crippen LogP contribution in [0.25, 0.3) is 11.0 Å². The van der Waals surface area contributed by atoms with E-state index in [1.54, 1.807) is 12.1 Å². The summed E-state index contributed by atoms with van der Waals surface area (Å²) < 4.78 is 5.29. The summed E-state index contributed by atoms with van der Waals surface area (Å²) in [5, 5.41) is 13.8. The Morgan fingerprint density at radius 3 is 2.86 bits per heavy atom. The minimum atomic E-state index is -1.56. The average molecular weight is 309 g/mol. The van der Waals surface area contributed by atoms with Crippen molar-refractivity contribution in [2.45, 2.75) is 19.4 Å². The van der Waals surface area contributed by atoms with Gasteiger partial charge >= 0.3 is 0 Å². The predicted molar refractivity (Wildman–Crippen MR) is 79.5 cm³/mol. The molecule has 21 heavy (non-hydrogen) atoms. The van der Waals surface area contributed by atoms with Crippen molar-refractivity contribution in [3.05, 3.63) is 45.3 Å². The van der Waals surface area contributed by atoms with E-state index in [4.69, 9.17) is 16.0 Å². The highest BCUT2D eigenvalue weighted by molar-refractivity contribution is 6.31. The number of nitrogens with zero attached hydrogens (tertiary/aromatic N) is 1. The van der Waals surface area contributed by atoms with Crippen molar-refractivity contribution in [1.29, 1.82) is 0 Å². The Kier molecular flexibility index (Phi) is 4.11. The number of aliphatic hydroxyl groups is 1. The van der Waals surface area contributed by atoms with Crippen LogP contribution in [-0.4, -0.2) is 22.8 Å². The maximum atomic E-state index is 12.2. The summed E-state index contributed by atoms with van der Waals surface area (Å²) in [6, 6.07) is 4.70. The van der Waals surface area contributed by atoms with Gasteiger partial charge in [-0.05, 0) is 32.0 Å². The average Bonchev–Trinajstić information content (AvgIpc) is 2.40. The van der Waals surface area contributed by atoms with Gasteiger partial charge < -0.3 is 9.52 Å². The van der Waals surface area contributed by atoms with Gasteiger partial charge in [-0.15, -0.1) is 0 Å². The van der Waals surface area contributed by atoms with E-state index in [0.717, 1.165) is 6.21 Å². The van der Waals surface area contributed by atoms with Gasteiger partial charge in [0.1, 0.15) is 17.4 Å². The van der Waals surface area contributed by atoms with Crippen LogP contribution in [0.5, 0.6) is 0 Å². The fraction of sp³-hybridized carbons (Fsp3) is 0.214. The van der Waals surface area contributed by atoms with E-state index in [9.17, 15) is 14.7 Å². The smallest absolute Gasteiger partial charge is 0.271 e. The molecule has 0 atom stereocenters. The van der Waals surface area contributed by atoms with Crippen molar-refractivity contribution in [2.75, 3.05) is 0 Å². The third-order valence-corrected chi connectivity index (χ3v) is 2.92. The molecule has 0 aliphatic carbocycles. The maximum Gasteiger partial charge on any atom is 0.271 e. The molecule has 0 spiro atoms. The van der Waals surface area contributed by atoms with Gasteiger partial charge in [0.15, 0.2) is 0 Å². The van der Waals surface area contributed by atoms with Gasteiger partial charge in [0, 0.05) is 5.02 Å². The van der Waals surface area contributed by atoms with Gasteiger partial charge in [0.2, 0.25) is 5.43 Å². The molecule has 1 aromatic heterocycles. The lowest BCUT2D eigenvalue weighted by Gasteiger charge is -2.13. The maximum absolute atomic E-state index is 12.2. The second-order valence-corrected chi connectivity index (χ2v) is 5.36. The minimum absolute atomic E-state index is 0.154. The molecule has 110 valence electrons. The van der Waals surface area contributed by atoms with E-state index in [1.165, 1.54) is 26.2 Å². The molecule has 0 fully saturated rings. The first kappa shape index (κ1) is 15.2. The van der Waals surface area contributed by atoms with Crippen LogP contribution in [0.3, 0.4) is 0 Å². The summed E-state index contributed by atoms with van der Waals surface area (Å²) in [6.07, 6.45) is 2.38. The quantitative estimate of drug-likeness (QED) is 0.666. The molecule has 0 aliphatic rings. The van der Waals surface area contributed by atoms with Crippen LogP contribution in [-0.2, 0) is 4.79 Å². The van der Waals surface area contributed by atoms with Crippen LogP contribution >= 0.6 is 11.6 Å². The SMILES string of the molecule is CC(C)(O)C(=O)N/N=C\c1coc2ccc(Cl)cc2c1=O. The Balaban J connectivity index is 2.29. The Morgan fingerprint density at radius 2 is 2.19 bits per heavy atom. The highest BCUT2D eigenvalue weighted by Gasteiger charge is 2.22. The molecule has 1 aromatic carbocycles. The van der Waals surface area contributed by atoms with Gasteiger partial charge in [0.05, 0.1) is 17.2 Å². The second-order valence-electron chi connectivity index (χ2n) is 4.92. The Labute approximate surface area is 125 Å². The Morgan fingerprint density at radius 1 is 1.48 bits per heavy atom. The molecule has 1 heterocycles. The molecule has 0 unspecified atom stereocenters. The Bertz CT molecular complexity index is 775. The third kappa shape index (κ3) is 3.48. The summed E-state index contributed by atoms with van der Waals surface area (Å²) in [6.45, 7) is 2.65. The van der Waals surface area contributed by atoms with Crippen LogP contribution in [0.4, 0.5) is 0 Å². The fourth-order valence-electron chi connectivity index (χ4n) is 1.50. The Hall–Kier alpha value is -2.18. The summed E-state index contributed by atoms with van der Waals surface area (Å²) in [5.41, 5.74) is 0.814. The number of carbonyl (C=O) groups is 1. The molecular weight excluding hydrogens is 296 g/mol. The lowest BCUT2D eigenvalue weighted by molar-refractivity contribution is -0.136. The number of carbonyl (C=O) groups excluding carboxylic acids is 1. The van der Waals surface area contributed by atoms with E-state index in [1.807, 2.05) is 0 Å². The van der Waals surface area contributed by atoms with E-state index < -0.39 is 11.5 Å². The van der Waals surface area contributed by atoms with Gasteiger partial charge in [0.25, 0.3) is 5.91 Å². The van der Waals surface area contributed by atoms with Crippen molar-refractivity contribution in [3.8, 4) is 0 Å². The van der Waals surface area contributed by atoms with Gasteiger partial charge in [-0.25, -0.2) is 5.43 Å². The van der Waals surface area contributed by atoms with Gasteiger partial charge in [-0.1, -0.05) is 11.6 Å². The van der Waals surface area contributed by atoms with Crippen molar-refractivity contribution in [1.82, 2.24) is 5.43 Å². The molecule has 0 saturated heterocycles. The highest BCUT2D eigenvalue weighted by atomic mass is 35.5. The van der Waals surface area contributed by atoms with Crippen molar-refractivity contribution >= 4 is 34.7 Å². The first-order valence-electron chi connectivity index (χ1n) is 6.06. The normalized spacial score (nSPS) is 12.0. The van der Waals surface area contributed by atoms with Crippen molar-refractivity contribution in [2.24, 2.45) is 5.10 Å². The molecule has 2 rings (SSSR count). The molecule has 0 bridgehead atoms. The second kappa shape index (κ2) is 5.67. The number of hydrazone groups is 1. The molecule has 2 N–H and O–H groups in total. The van der Waals surface area contributed by atoms with E-state index in [-0.39, 0.29) is 11.0 Å². The molecule has 1 amide bonds.